The number of carbonyl (C=O) groups is 2. The number of sulfonamides is 1. The number of methoxy groups -OCH3 is 1. The first-order valence-corrected chi connectivity index (χ1v) is 17.1. The van der Waals surface area contributed by atoms with Crippen LogP contribution in [0.1, 0.15) is 51.0 Å². The van der Waals surface area contributed by atoms with E-state index in [1.165, 1.54) is 42.3 Å². The van der Waals surface area contributed by atoms with Crippen LogP contribution in [-0.2, 0) is 26.2 Å². The molecule has 0 radical (unpaired) electrons. The smallest absolute Gasteiger partial charge is 0.264 e. The Kier molecular flexibility index (Phi) is 11.8. The third-order valence-corrected chi connectivity index (χ3v) is 10.5. The lowest BCUT2D eigenvalue weighted by Crippen LogP contribution is -2.54. The number of anilines is 1. The summed E-state index contributed by atoms with van der Waals surface area (Å²) in [6.45, 7) is 1.24. The summed E-state index contributed by atoms with van der Waals surface area (Å²) < 4.78 is 34.3. The summed E-state index contributed by atoms with van der Waals surface area (Å²) in [5.41, 5.74) is 0.809. The maximum Gasteiger partial charge on any atom is 0.264 e. The van der Waals surface area contributed by atoms with E-state index in [1.54, 1.807) is 36.4 Å². The average Bonchev–Trinajstić information content (AvgIpc) is 3.02. The Hall–Kier alpha value is -2.98. The molecule has 1 fully saturated rings. The normalized spacial score (nSPS) is 14.5. The molecule has 0 bridgehead atoms. The van der Waals surface area contributed by atoms with Crippen molar-refractivity contribution in [1.29, 1.82) is 0 Å². The van der Waals surface area contributed by atoms with Crippen LogP contribution < -0.4 is 14.4 Å². The molecule has 0 aliphatic heterocycles. The predicted octanol–water partition coefficient (Wildman–Crippen LogP) is 7.11. The Bertz CT molecular complexity index is 1570. The molecule has 44 heavy (non-hydrogen) atoms. The van der Waals surface area contributed by atoms with Gasteiger partial charge in [-0.3, -0.25) is 13.9 Å². The lowest BCUT2D eigenvalue weighted by molar-refractivity contribution is -0.140. The summed E-state index contributed by atoms with van der Waals surface area (Å²) in [4.78, 5) is 29.4. The highest BCUT2D eigenvalue weighted by Crippen LogP contribution is 2.32. The van der Waals surface area contributed by atoms with Gasteiger partial charge in [0.15, 0.2) is 0 Å². The van der Waals surface area contributed by atoms with Gasteiger partial charge >= 0.3 is 0 Å². The number of hydrogen-bond acceptors (Lipinski definition) is 5. The number of nitrogens with one attached hydrogen (secondary N) is 1. The molecule has 12 heteroatoms. The van der Waals surface area contributed by atoms with E-state index in [0.29, 0.717) is 27.8 Å². The van der Waals surface area contributed by atoms with Gasteiger partial charge in [0.05, 0.1) is 32.8 Å². The lowest BCUT2D eigenvalue weighted by atomic mass is 9.95. The molecule has 0 heterocycles. The summed E-state index contributed by atoms with van der Waals surface area (Å²) >= 11 is 18.8. The van der Waals surface area contributed by atoms with Crippen molar-refractivity contribution in [3.8, 4) is 5.75 Å². The molecule has 1 atom stereocenters. The molecule has 0 saturated heterocycles. The third-order valence-electron chi connectivity index (χ3n) is 7.71. The van der Waals surface area contributed by atoms with E-state index in [0.717, 1.165) is 36.4 Å². The second kappa shape index (κ2) is 15.3. The molecule has 1 saturated carbocycles. The van der Waals surface area contributed by atoms with Crippen molar-refractivity contribution in [1.82, 2.24) is 10.2 Å². The van der Waals surface area contributed by atoms with E-state index in [4.69, 9.17) is 39.5 Å². The van der Waals surface area contributed by atoms with Crippen molar-refractivity contribution in [3.63, 3.8) is 0 Å². The molecule has 3 aromatic carbocycles. The predicted molar refractivity (Wildman–Crippen MR) is 175 cm³/mol. The standard InChI is InChI=1S/C32H36Cl3N3O5S/c1-3-29(32(40)36-23-10-6-4-7-11-23)37(20-22-14-16-26(33)27(34)18-22)31(39)21-38(24-15-17-30(43-2)28(35)19-24)44(41,42)25-12-8-5-9-13-25/h5,8-9,12-19,23,29H,3-4,6-7,10-11,20-21H2,1-2H3,(H,36,40)/t29-/m1/s1. The number of hydrogen-bond donors (Lipinski definition) is 1. The first-order valence-electron chi connectivity index (χ1n) is 14.5. The van der Waals surface area contributed by atoms with Gasteiger partial charge in [-0.25, -0.2) is 8.42 Å². The second-order valence-electron chi connectivity index (χ2n) is 10.7. The Morgan fingerprint density at radius 3 is 2.25 bits per heavy atom. The first-order chi connectivity index (χ1) is 21.0. The number of halogens is 3. The molecule has 2 amide bonds. The highest BCUT2D eigenvalue weighted by molar-refractivity contribution is 7.92. The number of rotatable bonds is 12. The molecule has 1 aliphatic carbocycles. The molecule has 0 unspecified atom stereocenters. The van der Waals surface area contributed by atoms with Crippen LogP contribution >= 0.6 is 34.8 Å². The van der Waals surface area contributed by atoms with E-state index >= 15 is 0 Å². The summed E-state index contributed by atoms with van der Waals surface area (Å²) in [6, 6.07) is 16.5. The number of benzene rings is 3. The van der Waals surface area contributed by atoms with Gasteiger partial charge in [0.2, 0.25) is 11.8 Å². The van der Waals surface area contributed by atoms with Crippen LogP contribution in [0, 0.1) is 0 Å². The summed E-state index contributed by atoms with van der Waals surface area (Å²) in [6.07, 6.45) is 5.27. The van der Waals surface area contributed by atoms with Crippen LogP contribution in [0.5, 0.6) is 5.75 Å². The molecular formula is C32H36Cl3N3O5S. The molecule has 3 aromatic rings. The molecule has 1 N–H and O–H groups in total. The van der Waals surface area contributed by atoms with Crippen molar-refractivity contribution in [2.45, 2.75) is 69.0 Å². The van der Waals surface area contributed by atoms with Crippen LogP contribution in [0.3, 0.4) is 0 Å². The number of carbonyl (C=O) groups excluding carboxylic acids is 2. The minimum absolute atomic E-state index is 0.00198. The number of nitrogens with zero attached hydrogens (tertiary/aromatic N) is 2. The zero-order chi connectivity index (χ0) is 31.9. The molecular weight excluding hydrogens is 645 g/mol. The highest BCUT2D eigenvalue weighted by atomic mass is 35.5. The Morgan fingerprint density at radius 1 is 0.932 bits per heavy atom. The van der Waals surface area contributed by atoms with Crippen LogP contribution in [0.15, 0.2) is 71.6 Å². The molecule has 0 spiro atoms. The topological polar surface area (TPSA) is 96.0 Å². The molecule has 0 aromatic heterocycles. The van der Waals surface area contributed by atoms with Gasteiger partial charge in [-0.15, -0.1) is 0 Å². The van der Waals surface area contributed by atoms with E-state index in [-0.39, 0.29) is 34.1 Å². The van der Waals surface area contributed by atoms with Crippen LogP contribution in [0.4, 0.5) is 5.69 Å². The van der Waals surface area contributed by atoms with Gasteiger partial charge in [0.1, 0.15) is 18.3 Å². The Labute approximate surface area is 274 Å². The molecule has 4 rings (SSSR count). The van der Waals surface area contributed by atoms with Crippen molar-refractivity contribution in [3.05, 3.63) is 87.4 Å². The average molecular weight is 681 g/mol. The number of amides is 2. The van der Waals surface area contributed by atoms with Crippen molar-refractivity contribution >= 4 is 62.3 Å². The largest absolute Gasteiger partial charge is 0.495 e. The lowest BCUT2D eigenvalue weighted by Gasteiger charge is -2.34. The summed E-state index contributed by atoms with van der Waals surface area (Å²) in [5, 5.41) is 3.96. The van der Waals surface area contributed by atoms with Crippen LogP contribution in [0.2, 0.25) is 15.1 Å². The fourth-order valence-electron chi connectivity index (χ4n) is 5.36. The van der Waals surface area contributed by atoms with Gasteiger partial charge in [-0.1, -0.05) is 85.3 Å². The Morgan fingerprint density at radius 2 is 1.64 bits per heavy atom. The SMILES string of the molecule is CC[C@H](C(=O)NC1CCCCC1)N(Cc1ccc(Cl)c(Cl)c1)C(=O)CN(c1ccc(OC)c(Cl)c1)S(=O)(=O)c1ccccc1. The van der Waals surface area contributed by atoms with Gasteiger partial charge in [-0.05, 0) is 67.3 Å². The zero-order valence-corrected chi connectivity index (χ0v) is 27.7. The summed E-state index contributed by atoms with van der Waals surface area (Å²) in [5.74, 6) is -0.503. The van der Waals surface area contributed by atoms with Crippen molar-refractivity contribution in [2.24, 2.45) is 0 Å². The highest BCUT2D eigenvalue weighted by Gasteiger charge is 2.34. The monoisotopic (exact) mass is 679 g/mol. The second-order valence-corrected chi connectivity index (χ2v) is 13.8. The fraction of sp³-hybridized carbons (Fsp3) is 0.375. The minimum Gasteiger partial charge on any atom is -0.495 e. The quantitative estimate of drug-likeness (QED) is 0.220. The zero-order valence-electron chi connectivity index (χ0n) is 24.6. The molecule has 8 nitrogen and oxygen atoms in total. The van der Waals surface area contributed by atoms with E-state index in [2.05, 4.69) is 5.32 Å². The maximum absolute atomic E-state index is 14.3. The van der Waals surface area contributed by atoms with E-state index in [1.807, 2.05) is 6.92 Å². The van der Waals surface area contributed by atoms with Crippen molar-refractivity contribution in [2.75, 3.05) is 18.0 Å². The molecule has 236 valence electrons. The van der Waals surface area contributed by atoms with Gasteiger partial charge < -0.3 is 15.0 Å². The third kappa shape index (κ3) is 8.18. The van der Waals surface area contributed by atoms with Gasteiger partial charge in [0, 0.05) is 12.6 Å². The molecule has 1 aliphatic rings. The van der Waals surface area contributed by atoms with Crippen LogP contribution in [-0.4, -0.2) is 50.9 Å². The van der Waals surface area contributed by atoms with Crippen LogP contribution in [0.25, 0.3) is 0 Å². The summed E-state index contributed by atoms with van der Waals surface area (Å²) in [7, 11) is -2.78. The first kappa shape index (κ1) is 33.9. The van der Waals surface area contributed by atoms with Crippen molar-refractivity contribution < 1.29 is 22.7 Å². The maximum atomic E-state index is 14.3. The minimum atomic E-state index is -4.23. The van der Waals surface area contributed by atoms with E-state index in [9.17, 15) is 18.0 Å². The number of ether oxygens (including phenoxy) is 1. The van der Waals surface area contributed by atoms with E-state index < -0.39 is 28.5 Å². The fourth-order valence-corrected chi connectivity index (χ4v) is 7.36. The Balaban J connectivity index is 1.73. The van der Waals surface area contributed by atoms with Gasteiger partial charge in [-0.2, -0.15) is 0 Å². The van der Waals surface area contributed by atoms with Gasteiger partial charge in [0.25, 0.3) is 10.0 Å².